The molecule has 0 aliphatic rings. The normalized spacial score (nSPS) is 10.1. The molecule has 2 aromatic rings. The Morgan fingerprint density at radius 1 is 1.35 bits per heavy atom. The molecule has 3 N–H and O–H groups in total. The van der Waals surface area contributed by atoms with Crippen LogP contribution in [-0.2, 0) is 4.79 Å². The Labute approximate surface area is 119 Å². The van der Waals surface area contributed by atoms with Gasteiger partial charge in [-0.25, -0.2) is 9.78 Å². The molecule has 3 amide bonds. The van der Waals surface area contributed by atoms with Crippen LogP contribution in [-0.4, -0.2) is 32.9 Å². The SMILES string of the molecule is Cc1ccccc1NC(=O)NC(=O)CSc1ncn[nH]1. The number of hydrogen-bond donors (Lipinski definition) is 3. The summed E-state index contributed by atoms with van der Waals surface area (Å²) in [4.78, 5) is 27.1. The average molecular weight is 291 g/mol. The monoisotopic (exact) mass is 291 g/mol. The number of urea groups is 1. The second-order valence-corrected chi connectivity index (χ2v) is 4.86. The number of nitrogens with one attached hydrogen (secondary N) is 3. The van der Waals surface area contributed by atoms with Gasteiger partial charge in [0.05, 0.1) is 5.75 Å². The summed E-state index contributed by atoms with van der Waals surface area (Å²) in [6.45, 7) is 1.87. The second kappa shape index (κ2) is 6.71. The molecule has 0 radical (unpaired) electrons. The van der Waals surface area contributed by atoms with Crippen molar-refractivity contribution in [3.8, 4) is 0 Å². The zero-order chi connectivity index (χ0) is 14.4. The molecule has 0 saturated carbocycles. The number of amides is 3. The third-order valence-electron chi connectivity index (χ3n) is 2.38. The lowest BCUT2D eigenvalue weighted by molar-refractivity contribution is -0.117. The van der Waals surface area contributed by atoms with Gasteiger partial charge in [-0.2, -0.15) is 5.10 Å². The van der Waals surface area contributed by atoms with Gasteiger partial charge in [-0.15, -0.1) is 0 Å². The summed E-state index contributed by atoms with van der Waals surface area (Å²) in [5.74, 6) is -0.325. The zero-order valence-corrected chi connectivity index (χ0v) is 11.5. The van der Waals surface area contributed by atoms with Gasteiger partial charge >= 0.3 is 6.03 Å². The Kier molecular flexibility index (Phi) is 4.72. The van der Waals surface area contributed by atoms with E-state index in [0.717, 1.165) is 5.56 Å². The van der Waals surface area contributed by atoms with Gasteiger partial charge in [0.1, 0.15) is 6.33 Å². The molecule has 104 valence electrons. The fraction of sp³-hybridized carbons (Fsp3) is 0.167. The van der Waals surface area contributed by atoms with Gasteiger partial charge in [0.2, 0.25) is 5.91 Å². The van der Waals surface area contributed by atoms with Crippen molar-refractivity contribution in [3.63, 3.8) is 0 Å². The number of anilines is 1. The number of nitrogens with zero attached hydrogens (tertiary/aromatic N) is 2. The molecule has 0 aliphatic heterocycles. The van der Waals surface area contributed by atoms with Crippen LogP contribution >= 0.6 is 11.8 Å². The Balaban J connectivity index is 1.79. The number of carbonyl (C=O) groups is 2. The summed E-state index contributed by atoms with van der Waals surface area (Å²) in [6, 6.07) is 6.77. The Hall–Kier alpha value is -2.35. The molecule has 20 heavy (non-hydrogen) atoms. The highest BCUT2D eigenvalue weighted by Crippen LogP contribution is 2.13. The Morgan fingerprint density at radius 2 is 2.15 bits per heavy atom. The van der Waals surface area contributed by atoms with Crippen molar-refractivity contribution in [2.75, 3.05) is 11.1 Å². The standard InChI is InChI=1S/C12H13N5O2S/c1-8-4-2-3-5-9(8)15-11(19)16-10(18)6-20-12-13-7-14-17-12/h2-5,7H,6H2,1H3,(H,13,14,17)(H2,15,16,18,19). The number of hydrogen-bond acceptors (Lipinski definition) is 5. The van der Waals surface area contributed by atoms with Gasteiger partial charge in [-0.3, -0.25) is 15.2 Å². The van der Waals surface area contributed by atoms with Gasteiger partial charge < -0.3 is 5.32 Å². The van der Waals surface area contributed by atoms with E-state index < -0.39 is 11.9 Å². The largest absolute Gasteiger partial charge is 0.325 e. The minimum absolute atomic E-state index is 0.0797. The molecule has 7 nitrogen and oxygen atoms in total. The molecular weight excluding hydrogens is 278 g/mol. The summed E-state index contributed by atoms with van der Waals surface area (Å²) in [5.41, 5.74) is 1.59. The van der Waals surface area contributed by atoms with Gasteiger partial charge in [-0.1, -0.05) is 30.0 Å². The maximum Gasteiger partial charge on any atom is 0.325 e. The number of aryl methyl sites for hydroxylation is 1. The van der Waals surface area contributed by atoms with Gasteiger partial charge in [0.15, 0.2) is 5.16 Å². The second-order valence-electron chi connectivity index (χ2n) is 3.90. The highest BCUT2D eigenvalue weighted by molar-refractivity contribution is 7.99. The van der Waals surface area contributed by atoms with Crippen LogP contribution in [0, 0.1) is 6.92 Å². The first kappa shape index (κ1) is 14.1. The van der Waals surface area contributed by atoms with Crippen LogP contribution in [0.3, 0.4) is 0 Å². The number of aromatic amines is 1. The van der Waals surface area contributed by atoms with E-state index in [1.54, 1.807) is 6.07 Å². The fourth-order valence-corrected chi connectivity index (χ4v) is 2.01. The molecule has 0 fully saturated rings. The number of para-hydroxylation sites is 1. The average Bonchev–Trinajstić information content (AvgIpc) is 2.92. The van der Waals surface area contributed by atoms with E-state index in [-0.39, 0.29) is 5.75 Å². The minimum atomic E-state index is -0.553. The molecule has 2 rings (SSSR count). The van der Waals surface area contributed by atoms with E-state index in [0.29, 0.717) is 10.8 Å². The van der Waals surface area contributed by atoms with Crippen LogP contribution in [0.15, 0.2) is 35.7 Å². The van der Waals surface area contributed by atoms with E-state index in [4.69, 9.17) is 0 Å². The minimum Gasteiger partial charge on any atom is -0.307 e. The molecule has 8 heteroatoms. The molecule has 0 atom stereocenters. The van der Waals surface area contributed by atoms with E-state index >= 15 is 0 Å². The first-order valence-electron chi connectivity index (χ1n) is 5.80. The lowest BCUT2D eigenvalue weighted by atomic mass is 10.2. The van der Waals surface area contributed by atoms with Crippen molar-refractivity contribution in [2.45, 2.75) is 12.1 Å². The highest BCUT2D eigenvalue weighted by atomic mass is 32.2. The molecule has 1 aromatic carbocycles. The molecule has 1 aromatic heterocycles. The summed E-state index contributed by atoms with van der Waals surface area (Å²) < 4.78 is 0. The predicted molar refractivity (Wildman–Crippen MR) is 75.4 cm³/mol. The molecule has 0 saturated heterocycles. The quantitative estimate of drug-likeness (QED) is 0.742. The number of rotatable bonds is 4. The molecule has 0 aliphatic carbocycles. The van der Waals surface area contributed by atoms with Crippen molar-refractivity contribution in [3.05, 3.63) is 36.2 Å². The van der Waals surface area contributed by atoms with Crippen molar-refractivity contribution in [1.29, 1.82) is 0 Å². The third-order valence-corrected chi connectivity index (χ3v) is 3.26. The fourth-order valence-electron chi connectivity index (χ4n) is 1.43. The maximum atomic E-state index is 11.6. The molecule has 1 heterocycles. The smallest absolute Gasteiger partial charge is 0.307 e. The van der Waals surface area contributed by atoms with Crippen LogP contribution in [0.5, 0.6) is 0 Å². The molecule has 0 unspecified atom stereocenters. The van der Waals surface area contributed by atoms with Crippen molar-refractivity contribution in [2.24, 2.45) is 0 Å². The van der Waals surface area contributed by atoms with Crippen LogP contribution in [0.25, 0.3) is 0 Å². The summed E-state index contributed by atoms with van der Waals surface area (Å²) in [6.07, 6.45) is 1.35. The summed E-state index contributed by atoms with van der Waals surface area (Å²) in [5, 5.41) is 11.7. The van der Waals surface area contributed by atoms with E-state index in [1.807, 2.05) is 25.1 Å². The van der Waals surface area contributed by atoms with Gasteiger partial charge in [0.25, 0.3) is 0 Å². The number of thioether (sulfide) groups is 1. The summed E-state index contributed by atoms with van der Waals surface area (Å²) in [7, 11) is 0. The number of benzene rings is 1. The molecule has 0 spiro atoms. The first-order valence-corrected chi connectivity index (χ1v) is 6.78. The van der Waals surface area contributed by atoms with E-state index in [1.165, 1.54) is 18.1 Å². The first-order chi connectivity index (χ1) is 9.65. The van der Waals surface area contributed by atoms with Crippen LogP contribution < -0.4 is 10.6 Å². The Morgan fingerprint density at radius 3 is 2.85 bits per heavy atom. The van der Waals surface area contributed by atoms with Crippen LogP contribution in [0.4, 0.5) is 10.5 Å². The number of imide groups is 1. The lowest BCUT2D eigenvalue weighted by Gasteiger charge is -2.08. The Bertz CT molecular complexity index is 600. The number of aromatic nitrogens is 3. The highest BCUT2D eigenvalue weighted by Gasteiger charge is 2.10. The molecular formula is C12H13N5O2S. The number of H-pyrrole nitrogens is 1. The summed E-state index contributed by atoms with van der Waals surface area (Å²) >= 11 is 1.17. The van der Waals surface area contributed by atoms with Crippen LogP contribution in [0.2, 0.25) is 0 Å². The zero-order valence-electron chi connectivity index (χ0n) is 10.7. The van der Waals surface area contributed by atoms with Crippen molar-refractivity contribution >= 4 is 29.4 Å². The van der Waals surface area contributed by atoms with Crippen molar-refractivity contribution < 1.29 is 9.59 Å². The number of carbonyl (C=O) groups excluding carboxylic acids is 2. The van der Waals surface area contributed by atoms with Crippen LogP contribution in [0.1, 0.15) is 5.56 Å². The molecule has 0 bridgehead atoms. The lowest BCUT2D eigenvalue weighted by Crippen LogP contribution is -2.35. The topological polar surface area (TPSA) is 99.8 Å². The van der Waals surface area contributed by atoms with Crippen molar-refractivity contribution in [1.82, 2.24) is 20.5 Å². The van der Waals surface area contributed by atoms with E-state index in [9.17, 15) is 9.59 Å². The van der Waals surface area contributed by atoms with Gasteiger partial charge in [-0.05, 0) is 18.6 Å². The van der Waals surface area contributed by atoms with E-state index in [2.05, 4.69) is 25.8 Å². The predicted octanol–water partition coefficient (Wildman–Crippen LogP) is 1.55. The third kappa shape index (κ3) is 4.09. The van der Waals surface area contributed by atoms with Gasteiger partial charge in [0, 0.05) is 5.69 Å². The maximum absolute atomic E-state index is 11.6.